The van der Waals surface area contributed by atoms with Crippen LogP contribution < -0.4 is 10.2 Å². The van der Waals surface area contributed by atoms with Crippen LogP contribution in [0.1, 0.15) is 23.5 Å². The van der Waals surface area contributed by atoms with E-state index in [1.54, 1.807) is 24.3 Å². The molecule has 11 nitrogen and oxygen atoms in total. The zero-order chi connectivity index (χ0) is 26.8. The van der Waals surface area contributed by atoms with Gasteiger partial charge in [0.1, 0.15) is 6.61 Å². The van der Waals surface area contributed by atoms with Gasteiger partial charge in [0.2, 0.25) is 17.7 Å². The summed E-state index contributed by atoms with van der Waals surface area (Å²) in [6, 6.07) is 7.65. The summed E-state index contributed by atoms with van der Waals surface area (Å²) in [4.78, 5) is 54.1. The lowest BCUT2D eigenvalue weighted by Gasteiger charge is -2.16. The fourth-order valence-corrected chi connectivity index (χ4v) is 4.42. The van der Waals surface area contributed by atoms with Crippen molar-refractivity contribution >= 4 is 35.1 Å². The molecule has 1 aliphatic heterocycles. The van der Waals surface area contributed by atoms with Crippen LogP contribution in [0.4, 0.5) is 10.5 Å². The summed E-state index contributed by atoms with van der Waals surface area (Å²) in [5.41, 5.74) is 6.93. The molecule has 0 saturated heterocycles. The Hall–Kier alpha value is -5.28. The van der Waals surface area contributed by atoms with Gasteiger partial charge in [-0.25, -0.2) is 4.79 Å². The number of rotatable bonds is 7. The minimum absolute atomic E-state index is 0.0367. The fourth-order valence-electron chi connectivity index (χ4n) is 4.42. The molecular formula is C27H21N3O8. The minimum atomic E-state index is -1.14. The smallest absolute Gasteiger partial charge is 0.492 e. The van der Waals surface area contributed by atoms with Crippen LogP contribution in [0.3, 0.4) is 0 Å². The monoisotopic (exact) mass is 515 g/mol. The molecule has 0 fully saturated rings. The first-order valence-electron chi connectivity index (χ1n) is 11.6. The number of allylic oxidation sites excluding steroid dienone is 4. The van der Waals surface area contributed by atoms with Gasteiger partial charge in [0.25, 0.3) is 11.8 Å². The van der Waals surface area contributed by atoms with Crippen molar-refractivity contribution in [2.75, 3.05) is 18.5 Å². The Balaban J connectivity index is 1.30. The van der Waals surface area contributed by atoms with Crippen LogP contribution in [-0.2, 0) is 19.1 Å². The third kappa shape index (κ3) is 4.73. The van der Waals surface area contributed by atoms with E-state index in [9.17, 15) is 29.4 Å². The first-order chi connectivity index (χ1) is 18.3. The highest BCUT2D eigenvalue weighted by atomic mass is 16.8. The molecular weight excluding hydrogens is 494 g/mol. The molecule has 1 atom stereocenters. The maximum Gasteiger partial charge on any atom is 0.534 e. The number of amides is 3. The van der Waals surface area contributed by atoms with Crippen molar-refractivity contribution in [2.24, 2.45) is 0 Å². The summed E-state index contributed by atoms with van der Waals surface area (Å²) in [5.74, 6) is -2.65. The van der Waals surface area contributed by atoms with Gasteiger partial charge in [-0.05, 0) is 58.7 Å². The lowest BCUT2D eigenvalue weighted by atomic mass is 9.97. The predicted molar refractivity (Wildman–Crippen MR) is 133 cm³/mol. The van der Waals surface area contributed by atoms with Crippen LogP contribution in [-0.4, -0.2) is 56.9 Å². The van der Waals surface area contributed by atoms with Crippen molar-refractivity contribution < 1.29 is 39.0 Å². The quantitative estimate of drug-likeness (QED) is 0.290. The van der Waals surface area contributed by atoms with Gasteiger partial charge in [0, 0.05) is 48.9 Å². The van der Waals surface area contributed by atoms with E-state index in [1.165, 1.54) is 0 Å². The van der Waals surface area contributed by atoms with Gasteiger partial charge < -0.3 is 20.3 Å². The van der Waals surface area contributed by atoms with Crippen LogP contribution in [0.5, 0.6) is 11.8 Å². The van der Waals surface area contributed by atoms with Crippen molar-refractivity contribution in [1.82, 2.24) is 9.63 Å². The van der Waals surface area contributed by atoms with Crippen molar-refractivity contribution in [2.45, 2.75) is 12.3 Å². The average Bonchev–Trinajstić information content (AvgIpc) is 3.39. The summed E-state index contributed by atoms with van der Waals surface area (Å²) in [7, 11) is 0. The summed E-state index contributed by atoms with van der Waals surface area (Å²) in [5, 5.41) is 22.1. The molecule has 0 saturated carbocycles. The van der Waals surface area contributed by atoms with E-state index < -0.39 is 35.6 Å². The standard InChI is InChI=1S/C27H21N3O8/c31-22(12-13-29-23(32)8-9-24(29)33)28-16-6-7-19-17-4-2-1-3-5-18(17)21(20(19)14-16)15-37-27(36)38-30-25(34)10-11-26(30)35/h2-11,14,21,34-35H,12-13,15H2,(H,28,31). The number of imide groups is 1. The van der Waals surface area contributed by atoms with Gasteiger partial charge >= 0.3 is 6.16 Å². The van der Waals surface area contributed by atoms with Gasteiger partial charge in [-0.1, -0.05) is 6.07 Å². The maximum absolute atomic E-state index is 12.5. The third-order valence-corrected chi connectivity index (χ3v) is 6.19. The number of hydrogen-bond acceptors (Lipinski definition) is 8. The Kier molecular flexibility index (Phi) is 6.42. The van der Waals surface area contributed by atoms with E-state index >= 15 is 0 Å². The SMILES string of the molecule is O=C(CCN1C(=O)C=CC1=O)Nc1ccc2c(c1)C(COC(=O)On1c(O)ccc1O)C1=CC=C=CC=C12. The van der Waals surface area contributed by atoms with E-state index in [-0.39, 0.29) is 25.5 Å². The molecule has 3 aliphatic rings. The highest BCUT2D eigenvalue weighted by molar-refractivity contribution is 6.13. The van der Waals surface area contributed by atoms with Gasteiger partial charge in [0.15, 0.2) is 0 Å². The number of anilines is 1. The van der Waals surface area contributed by atoms with Crippen LogP contribution >= 0.6 is 0 Å². The zero-order valence-corrected chi connectivity index (χ0v) is 19.8. The molecule has 0 bridgehead atoms. The molecule has 0 spiro atoms. The van der Waals surface area contributed by atoms with E-state index in [2.05, 4.69) is 11.0 Å². The molecule has 2 heterocycles. The fraction of sp³-hybridized carbons (Fsp3) is 0.148. The number of aromatic hydroxyl groups is 2. The summed E-state index contributed by atoms with van der Waals surface area (Å²) >= 11 is 0. The Bertz CT molecular complexity index is 1480. The van der Waals surface area contributed by atoms with Gasteiger partial charge in [-0.3, -0.25) is 24.1 Å². The highest BCUT2D eigenvalue weighted by Crippen LogP contribution is 2.47. The second-order valence-electron chi connectivity index (χ2n) is 8.51. The Morgan fingerprint density at radius 1 is 1.00 bits per heavy atom. The molecule has 192 valence electrons. The molecule has 2 aliphatic carbocycles. The van der Waals surface area contributed by atoms with E-state index in [1.807, 2.05) is 18.2 Å². The van der Waals surface area contributed by atoms with E-state index in [4.69, 9.17) is 9.57 Å². The number of carbonyl (C=O) groups excluding carboxylic acids is 4. The number of fused-ring (bicyclic) bond motifs is 3. The molecule has 1 unspecified atom stereocenters. The molecule has 3 N–H and O–H groups in total. The summed E-state index contributed by atoms with van der Waals surface area (Å²) < 4.78 is 5.84. The van der Waals surface area contributed by atoms with Crippen molar-refractivity contribution in [3.63, 3.8) is 0 Å². The number of hydrogen-bond donors (Lipinski definition) is 3. The molecule has 3 amide bonds. The number of nitrogens with one attached hydrogen (secondary N) is 1. The number of benzene rings is 1. The summed E-state index contributed by atoms with van der Waals surface area (Å²) in [6.45, 7) is -0.166. The molecule has 1 aromatic heterocycles. The molecule has 5 rings (SSSR count). The number of ether oxygens (including phenoxy) is 1. The molecule has 38 heavy (non-hydrogen) atoms. The molecule has 1 aromatic carbocycles. The lowest BCUT2D eigenvalue weighted by Crippen LogP contribution is -2.33. The molecule has 2 aromatic rings. The van der Waals surface area contributed by atoms with Gasteiger partial charge in [0.05, 0.1) is 0 Å². The van der Waals surface area contributed by atoms with Gasteiger partial charge in [-0.15, -0.1) is 10.5 Å². The minimum Gasteiger partial charge on any atom is -0.492 e. The van der Waals surface area contributed by atoms with Crippen LogP contribution in [0.25, 0.3) is 5.57 Å². The maximum atomic E-state index is 12.5. The van der Waals surface area contributed by atoms with E-state index in [0.717, 1.165) is 51.5 Å². The number of nitrogens with zero attached hydrogens (tertiary/aromatic N) is 2. The molecule has 0 radical (unpaired) electrons. The van der Waals surface area contributed by atoms with Crippen LogP contribution in [0.2, 0.25) is 0 Å². The predicted octanol–water partition coefficient (Wildman–Crippen LogP) is 2.55. The third-order valence-electron chi connectivity index (χ3n) is 6.19. The lowest BCUT2D eigenvalue weighted by molar-refractivity contribution is -0.137. The molecule has 11 heteroatoms. The summed E-state index contributed by atoms with van der Waals surface area (Å²) in [6.07, 6.45) is 8.37. The Labute approximate surface area is 215 Å². The number of carbonyl (C=O) groups is 4. The van der Waals surface area contributed by atoms with Gasteiger partial charge in [-0.2, -0.15) is 0 Å². The van der Waals surface area contributed by atoms with Crippen LogP contribution in [0, 0.1) is 0 Å². The first kappa shape index (κ1) is 24.4. The van der Waals surface area contributed by atoms with Crippen molar-refractivity contribution in [1.29, 1.82) is 0 Å². The van der Waals surface area contributed by atoms with E-state index in [0.29, 0.717) is 10.4 Å². The van der Waals surface area contributed by atoms with Crippen molar-refractivity contribution in [3.8, 4) is 11.8 Å². The second kappa shape index (κ2) is 10.00. The normalized spacial score (nSPS) is 17.1. The Morgan fingerprint density at radius 2 is 1.71 bits per heavy atom. The van der Waals surface area contributed by atoms with Crippen LogP contribution in [0.15, 0.2) is 78.1 Å². The Morgan fingerprint density at radius 3 is 2.45 bits per heavy atom. The topological polar surface area (TPSA) is 147 Å². The first-order valence-corrected chi connectivity index (χ1v) is 11.6. The largest absolute Gasteiger partial charge is 0.534 e. The number of aromatic nitrogens is 1. The highest BCUT2D eigenvalue weighted by Gasteiger charge is 2.33. The van der Waals surface area contributed by atoms with Crippen molar-refractivity contribution in [3.05, 3.63) is 89.2 Å². The average molecular weight is 515 g/mol. The second-order valence-corrected chi connectivity index (χ2v) is 8.51. The zero-order valence-electron chi connectivity index (χ0n) is 19.8.